The summed E-state index contributed by atoms with van der Waals surface area (Å²) in [5, 5.41) is 9.41. The number of pyridine rings is 1. The first kappa shape index (κ1) is 16.2. The summed E-state index contributed by atoms with van der Waals surface area (Å²) in [5.41, 5.74) is 3.45. The molecule has 1 aliphatic rings. The maximum atomic E-state index is 4.59. The maximum absolute atomic E-state index is 4.59. The molecule has 3 heterocycles. The first-order valence-corrected chi connectivity index (χ1v) is 8.71. The van der Waals surface area contributed by atoms with Gasteiger partial charge in [-0.1, -0.05) is 17.3 Å². The van der Waals surface area contributed by atoms with Gasteiger partial charge in [0.15, 0.2) is 0 Å². The van der Waals surface area contributed by atoms with E-state index in [-0.39, 0.29) is 0 Å². The fraction of sp³-hybridized carbons (Fsp3) is 0.421. The second-order valence-corrected chi connectivity index (χ2v) is 7.16. The van der Waals surface area contributed by atoms with Gasteiger partial charge in [-0.05, 0) is 44.8 Å². The highest BCUT2D eigenvalue weighted by Gasteiger charge is 2.35. The van der Waals surface area contributed by atoms with Gasteiger partial charge in [-0.2, -0.15) is 0 Å². The third kappa shape index (κ3) is 3.27. The van der Waals surface area contributed by atoms with Crippen molar-refractivity contribution in [3.63, 3.8) is 0 Å². The molecular weight excluding hydrogens is 312 g/mol. The molecule has 25 heavy (non-hydrogen) atoms. The number of hydrogen-bond donors (Lipinski definition) is 0. The first-order chi connectivity index (χ1) is 12.1. The molecule has 2 aromatic heterocycles. The Hall–Kier alpha value is -2.31. The van der Waals surface area contributed by atoms with Crippen LogP contribution in [0.3, 0.4) is 0 Å². The molecule has 6 heteroatoms. The van der Waals surface area contributed by atoms with E-state index in [1.54, 1.807) is 6.20 Å². The molecule has 0 aliphatic carbocycles. The Labute approximate surface area is 148 Å². The molecule has 0 amide bonds. The highest BCUT2D eigenvalue weighted by molar-refractivity contribution is 5.79. The van der Waals surface area contributed by atoms with Gasteiger partial charge in [0.05, 0.1) is 17.8 Å². The van der Waals surface area contributed by atoms with E-state index in [0.717, 1.165) is 30.8 Å². The number of likely N-dealkylation sites (tertiary alicyclic amines) is 1. The Bertz CT molecular complexity index is 857. The van der Waals surface area contributed by atoms with E-state index in [0.29, 0.717) is 12.1 Å². The lowest BCUT2D eigenvalue weighted by Crippen LogP contribution is -2.36. The highest BCUT2D eigenvalue weighted by atomic mass is 15.5. The lowest BCUT2D eigenvalue weighted by Gasteiger charge is -2.24. The second-order valence-electron chi connectivity index (χ2n) is 7.16. The van der Waals surface area contributed by atoms with Crippen molar-refractivity contribution in [3.05, 3.63) is 54.0 Å². The second kappa shape index (κ2) is 6.54. The van der Waals surface area contributed by atoms with Crippen molar-refractivity contribution in [1.82, 2.24) is 29.8 Å². The number of hydrogen-bond acceptors (Lipinski definition) is 5. The fourth-order valence-electron chi connectivity index (χ4n) is 3.77. The number of aromatic nitrogens is 4. The fourth-order valence-corrected chi connectivity index (χ4v) is 3.77. The van der Waals surface area contributed by atoms with Crippen molar-refractivity contribution in [3.8, 4) is 0 Å². The number of nitrogens with zero attached hydrogens (tertiary/aromatic N) is 6. The van der Waals surface area contributed by atoms with Crippen LogP contribution in [0, 0.1) is 6.92 Å². The molecular formula is C19H24N6. The van der Waals surface area contributed by atoms with Crippen molar-refractivity contribution in [2.45, 2.75) is 25.6 Å². The van der Waals surface area contributed by atoms with Gasteiger partial charge < -0.3 is 4.90 Å². The number of aryl methyl sites for hydroxylation is 1. The molecule has 2 atom stereocenters. The van der Waals surface area contributed by atoms with Gasteiger partial charge in [0.25, 0.3) is 0 Å². The normalized spacial score (nSPS) is 21.4. The van der Waals surface area contributed by atoms with E-state index in [1.807, 2.05) is 17.8 Å². The Morgan fingerprint density at radius 3 is 2.80 bits per heavy atom. The van der Waals surface area contributed by atoms with Crippen LogP contribution >= 0.6 is 0 Å². The lowest BCUT2D eigenvalue weighted by atomic mass is 10.1. The van der Waals surface area contributed by atoms with Crippen LogP contribution in [-0.4, -0.2) is 63.0 Å². The molecule has 0 unspecified atom stereocenters. The zero-order valence-corrected chi connectivity index (χ0v) is 15.0. The van der Waals surface area contributed by atoms with Gasteiger partial charge in [0, 0.05) is 43.0 Å². The summed E-state index contributed by atoms with van der Waals surface area (Å²) in [4.78, 5) is 9.38. The zero-order chi connectivity index (χ0) is 17.4. The molecule has 0 saturated carbocycles. The summed E-state index contributed by atoms with van der Waals surface area (Å²) in [7, 11) is 4.28. The van der Waals surface area contributed by atoms with Gasteiger partial charge in [-0.25, -0.2) is 4.68 Å². The number of rotatable bonds is 4. The van der Waals surface area contributed by atoms with E-state index in [2.05, 4.69) is 69.5 Å². The van der Waals surface area contributed by atoms with E-state index in [1.165, 1.54) is 10.9 Å². The van der Waals surface area contributed by atoms with Crippen molar-refractivity contribution in [2.24, 2.45) is 0 Å². The van der Waals surface area contributed by atoms with E-state index in [9.17, 15) is 0 Å². The Morgan fingerprint density at radius 1 is 1.16 bits per heavy atom. The molecule has 1 aromatic carbocycles. The Balaban J connectivity index is 1.54. The van der Waals surface area contributed by atoms with Crippen molar-refractivity contribution in [2.75, 3.05) is 27.2 Å². The molecule has 3 aromatic rings. The summed E-state index contributed by atoms with van der Waals surface area (Å²) in [6.07, 6.45) is 3.72. The molecule has 4 rings (SSSR count). The van der Waals surface area contributed by atoms with Crippen LogP contribution < -0.4 is 0 Å². The number of likely N-dealkylation sites (N-methyl/N-ethyl adjacent to an activating group) is 1. The molecule has 6 nitrogen and oxygen atoms in total. The topological polar surface area (TPSA) is 50.1 Å². The first-order valence-electron chi connectivity index (χ1n) is 8.71. The van der Waals surface area contributed by atoms with Gasteiger partial charge >= 0.3 is 0 Å². The standard InChI is InChI=1S/C19H24N6/c1-14-4-6-16-10-15(5-7-17(16)21-14)11-24-12-18(23(2)3)19(13-24)25-9-8-20-22-25/h4-10,18-19H,11-13H2,1-3H3/t18-,19+/m1/s1. The van der Waals surface area contributed by atoms with Crippen LogP contribution in [0.1, 0.15) is 17.3 Å². The average Bonchev–Trinajstić information content (AvgIpc) is 3.24. The highest BCUT2D eigenvalue weighted by Crippen LogP contribution is 2.26. The largest absolute Gasteiger partial charge is 0.303 e. The summed E-state index contributed by atoms with van der Waals surface area (Å²) in [5.74, 6) is 0. The van der Waals surface area contributed by atoms with Crippen molar-refractivity contribution < 1.29 is 0 Å². The van der Waals surface area contributed by atoms with E-state index in [4.69, 9.17) is 0 Å². The minimum absolute atomic E-state index is 0.335. The van der Waals surface area contributed by atoms with Gasteiger partial charge in [0.2, 0.25) is 0 Å². The number of fused-ring (bicyclic) bond motifs is 1. The molecule has 0 bridgehead atoms. The Morgan fingerprint density at radius 2 is 2.04 bits per heavy atom. The third-order valence-corrected chi connectivity index (χ3v) is 5.08. The minimum Gasteiger partial charge on any atom is -0.303 e. The summed E-state index contributed by atoms with van der Waals surface area (Å²) < 4.78 is 2.00. The molecule has 1 fully saturated rings. The predicted molar refractivity (Wildman–Crippen MR) is 98.3 cm³/mol. The van der Waals surface area contributed by atoms with E-state index >= 15 is 0 Å². The summed E-state index contributed by atoms with van der Waals surface area (Å²) in [6.45, 7) is 4.99. The maximum Gasteiger partial charge on any atom is 0.0831 e. The van der Waals surface area contributed by atoms with E-state index < -0.39 is 0 Å². The summed E-state index contributed by atoms with van der Waals surface area (Å²) >= 11 is 0. The SMILES string of the molecule is Cc1ccc2cc(CN3C[C@@H](N(C)C)[C@@H](n4ccnn4)C3)ccc2n1. The monoisotopic (exact) mass is 336 g/mol. The average molecular weight is 336 g/mol. The summed E-state index contributed by atoms with van der Waals surface area (Å²) in [6, 6.07) is 11.6. The van der Waals surface area contributed by atoms with Crippen LogP contribution in [0.4, 0.5) is 0 Å². The lowest BCUT2D eigenvalue weighted by molar-refractivity contribution is 0.237. The van der Waals surface area contributed by atoms with Gasteiger partial charge in [0.1, 0.15) is 0 Å². The quantitative estimate of drug-likeness (QED) is 0.730. The molecule has 130 valence electrons. The third-order valence-electron chi connectivity index (χ3n) is 5.08. The smallest absolute Gasteiger partial charge is 0.0831 e. The van der Waals surface area contributed by atoms with Crippen LogP contribution in [0.5, 0.6) is 0 Å². The zero-order valence-electron chi connectivity index (χ0n) is 15.0. The van der Waals surface area contributed by atoms with Gasteiger partial charge in [-0.15, -0.1) is 5.10 Å². The molecule has 1 saturated heterocycles. The Kier molecular flexibility index (Phi) is 4.23. The molecule has 0 N–H and O–H groups in total. The van der Waals surface area contributed by atoms with Crippen molar-refractivity contribution >= 4 is 10.9 Å². The minimum atomic E-state index is 0.335. The van der Waals surface area contributed by atoms with Crippen LogP contribution in [-0.2, 0) is 6.54 Å². The molecule has 0 radical (unpaired) electrons. The molecule has 0 spiro atoms. The van der Waals surface area contributed by atoms with Crippen LogP contribution in [0.25, 0.3) is 10.9 Å². The predicted octanol–water partition coefficient (Wildman–Crippen LogP) is 2.12. The van der Waals surface area contributed by atoms with Crippen LogP contribution in [0.2, 0.25) is 0 Å². The molecule has 1 aliphatic heterocycles. The van der Waals surface area contributed by atoms with Crippen molar-refractivity contribution in [1.29, 1.82) is 0 Å². The number of benzene rings is 1. The van der Waals surface area contributed by atoms with Crippen LogP contribution in [0.15, 0.2) is 42.7 Å². The van der Waals surface area contributed by atoms with Gasteiger partial charge in [-0.3, -0.25) is 9.88 Å².